The number of rotatable bonds is 1. The van der Waals surface area contributed by atoms with Crippen LogP contribution >= 0.6 is 0 Å². The molecule has 1 fully saturated rings. The molecule has 78 valence electrons. The van der Waals surface area contributed by atoms with E-state index in [-0.39, 0.29) is 6.54 Å². The summed E-state index contributed by atoms with van der Waals surface area (Å²) in [7, 11) is 0. The zero-order chi connectivity index (χ0) is 10.3. The Morgan fingerprint density at radius 3 is 2.31 bits per heavy atom. The first kappa shape index (κ1) is 10.7. The standard InChI is InChI=1S/C7H14F3N3/c1-6(12)2-3-13(4-6)5(11)7(8,9)10/h5H,2-4,11-12H2,1H3. The van der Waals surface area contributed by atoms with Gasteiger partial charge < -0.3 is 11.5 Å². The summed E-state index contributed by atoms with van der Waals surface area (Å²) < 4.78 is 36.4. The lowest BCUT2D eigenvalue weighted by atomic mass is 10.0. The van der Waals surface area contributed by atoms with E-state index in [0.717, 1.165) is 0 Å². The van der Waals surface area contributed by atoms with E-state index in [9.17, 15) is 13.2 Å². The van der Waals surface area contributed by atoms with E-state index in [1.807, 2.05) is 0 Å². The summed E-state index contributed by atoms with van der Waals surface area (Å²) in [5.74, 6) is 0. The third-order valence-corrected chi connectivity index (χ3v) is 2.26. The zero-order valence-electron chi connectivity index (χ0n) is 7.43. The van der Waals surface area contributed by atoms with E-state index in [4.69, 9.17) is 11.5 Å². The van der Waals surface area contributed by atoms with Gasteiger partial charge in [0.05, 0.1) is 0 Å². The van der Waals surface area contributed by atoms with Crippen LogP contribution < -0.4 is 11.5 Å². The van der Waals surface area contributed by atoms with Gasteiger partial charge in [-0.15, -0.1) is 0 Å². The minimum absolute atomic E-state index is 0.202. The van der Waals surface area contributed by atoms with Crippen LogP contribution in [-0.4, -0.2) is 35.9 Å². The van der Waals surface area contributed by atoms with Gasteiger partial charge in [0.25, 0.3) is 0 Å². The van der Waals surface area contributed by atoms with Crippen molar-refractivity contribution in [2.24, 2.45) is 11.5 Å². The van der Waals surface area contributed by atoms with Gasteiger partial charge in [-0.2, -0.15) is 13.2 Å². The molecule has 0 aromatic heterocycles. The Bertz CT molecular complexity index is 190. The molecule has 0 spiro atoms. The number of hydrogen-bond donors (Lipinski definition) is 2. The number of hydrogen-bond acceptors (Lipinski definition) is 3. The van der Waals surface area contributed by atoms with Crippen molar-refractivity contribution < 1.29 is 13.2 Å². The maximum atomic E-state index is 12.1. The fourth-order valence-corrected chi connectivity index (χ4v) is 1.47. The van der Waals surface area contributed by atoms with Gasteiger partial charge in [-0.05, 0) is 13.3 Å². The van der Waals surface area contributed by atoms with Crippen LogP contribution in [0.15, 0.2) is 0 Å². The number of halogens is 3. The van der Waals surface area contributed by atoms with Gasteiger partial charge in [0, 0.05) is 18.6 Å². The highest BCUT2D eigenvalue weighted by molar-refractivity contribution is 4.93. The minimum Gasteiger partial charge on any atom is -0.324 e. The Morgan fingerprint density at radius 2 is 2.00 bits per heavy atom. The summed E-state index contributed by atoms with van der Waals surface area (Å²) in [5, 5.41) is 0. The minimum atomic E-state index is -4.36. The van der Waals surface area contributed by atoms with Crippen LogP contribution in [0.1, 0.15) is 13.3 Å². The highest BCUT2D eigenvalue weighted by atomic mass is 19.4. The van der Waals surface area contributed by atoms with Crippen LogP contribution in [-0.2, 0) is 0 Å². The summed E-state index contributed by atoms with van der Waals surface area (Å²) in [5.41, 5.74) is 10.2. The fourth-order valence-electron chi connectivity index (χ4n) is 1.47. The lowest BCUT2D eigenvalue weighted by Crippen LogP contribution is -2.52. The predicted molar refractivity (Wildman–Crippen MR) is 42.8 cm³/mol. The van der Waals surface area contributed by atoms with E-state index < -0.39 is 17.9 Å². The molecule has 0 amide bonds. The quantitative estimate of drug-likeness (QED) is 0.633. The molecule has 1 aliphatic rings. The number of nitrogens with two attached hydrogens (primary N) is 2. The summed E-state index contributed by atoms with van der Waals surface area (Å²) in [6.45, 7) is 2.25. The van der Waals surface area contributed by atoms with Gasteiger partial charge >= 0.3 is 6.18 Å². The number of alkyl halides is 3. The molecule has 1 aliphatic heterocycles. The number of likely N-dealkylation sites (tertiary alicyclic amines) is 1. The van der Waals surface area contributed by atoms with Crippen molar-refractivity contribution in [1.29, 1.82) is 0 Å². The monoisotopic (exact) mass is 197 g/mol. The van der Waals surface area contributed by atoms with E-state index in [2.05, 4.69) is 0 Å². The van der Waals surface area contributed by atoms with Crippen LogP contribution in [0.25, 0.3) is 0 Å². The van der Waals surface area contributed by atoms with Crippen molar-refractivity contribution >= 4 is 0 Å². The van der Waals surface area contributed by atoms with Crippen molar-refractivity contribution in [2.45, 2.75) is 31.2 Å². The average molecular weight is 197 g/mol. The first-order chi connectivity index (χ1) is 5.72. The van der Waals surface area contributed by atoms with Gasteiger partial charge in [-0.25, -0.2) is 0 Å². The first-order valence-corrected chi connectivity index (χ1v) is 4.08. The van der Waals surface area contributed by atoms with Crippen LogP contribution in [0, 0.1) is 0 Å². The van der Waals surface area contributed by atoms with E-state index in [0.29, 0.717) is 13.0 Å². The molecular weight excluding hydrogens is 183 g/mol. The molecule has 4 N–H and O–H groups in total. The molecule has 0 aromatic rings. The molecule has 0 radical (unpaired) electrons. The molecule has 1 saturated heterocycles. The first-order valence-electron chi connectivity index (χ1n) is 4.08. The van der Waals surface area contributed by atoms with Crippen molar-refractivity contribution in [3.8, 4) is 0 Å². The van der Waals surface area contributed by atoms with Gasteiger partial charge in [0.2, 0.25) is 0 Å². The summed E-state index contributed by atoms with van der Waals surface area (Å²) in [6.07, 6.45) is -5.69. The molecule has 0 aliphatic carbocycles. The maximum absolute atomic E-state index is 12.1. The Labute approximate surface area is 74.9 Å². The topological polar surface area (TPSA) is 55.3 Å². The molecule has 2 unspecified atom stereocenters. The molecule has 1 heterocycles. The number of nitrogens with zero attached hydrogens (tertiary/aromatic N) is 1. The third kappa shape index (κ3) is 2.55. The van der Waals surface area contributed by atoms with Crippen LogP contribution in [0.5, 0.6) is 0 Å². The summed E-state index contributed by atoms with van der Waals surface area (Å²) in [4.78, 5) is 1.17. The van der Waals surface area contributed by atoms with Gasteiger partial charge in [0.15, 0.2) is 6.17 Å². The average Bonchev–Trinajstić information content (AvgIpc) is 2.26. The smallest absolute Gasteiger partial charge is 0.324 e. The van der Waals surface area contributed by atoms with Gasteiger partial charge in [-0.1, -0.05) is 0 Å². The third-order valence-electron chi connectivity index (χ3n) is 2.26. The SMILES string of the molecule is CC1(N)CCN(C(N)C(F)(F)F)C1. The molecular formula is C7H14F3N3. The van der Waals surface area contributed by atoms with Crippen LogP contribution in [0.3, 0.4) is 0 Å². The second kappa shape index (κ2) is 3.11. The molecule has 3 nitrogen and oxygen atoms in total. The highest BCUT2D eigenvalue weighted by Gasteiger charge is 2.44. The molecule has 1 rings (SSSR count). The van der Waals surface area contributed by atoms with Crippen molar-refractivity contribution in [3.63, 3.8) is 0 Å². The van der Waals surface area contributed by atoms with E-state index in [1.165, 1.54) is 4.90 Å². The molecule has 13 heavy (non-hydrogen) atoms. The van der Waals surface area contributed by atoms with Crippen LogP contribution in [0.2, 0.25) is 0 Å². The second-order valence-electron chi connectivity index (χ2n) is 3.86. The Morgan fingerprint density at radius 1 is 1.46 bits per heavy atom. The summed E-state index contributed by atoms with van der Waals surface area (Å²) >= 11 is 0. The Balaban J connectivity index is 2.57. The van der Waals surface area contributed by atoms with Crippen molar-refractivity contribution in [1.82, 2.24) is 4.90 Å². The fraction of sp³-hybridized carbons (Fsp3) is 1.00. The Hall–Kier alpha value is -0.330. The second-order valence-corrected chi connectivity index (χ2v) is 3.86. The van der Waals surface area contributed by atoms with Gasteiger partial charge in [0.1, 0.15) is 0 Å². The largest absolute Gasteiger partial charge is 0.417 e. The Kier molecular flexibility index (Phi) is 2.57. The molecule has 6 heteroatoms. The van der Waals surface area contributed by atoms with E-state index in [1.54, 1.807) is 6.92 Å². The highest BCUT2D eigenvalue weighted by Crippen LogP contribution is 2.26. The predicted octanol–water partition coefficient (Wildman–Crippen LogP) is 0.257. The zero-order valence-corrected chi connectivity index (χ0v) is 7.43. The molecule has 0 aromatic carbocycles. The molecule has 0 saturated carbocycles. The lowest BCUT2D eigenvalue weighted by Gasteiger charge is -2.27. The van der Waals surface area contributed by atoms with Crippen molar-refractivity contribution in [2.75, 3.05) is 13.1 Å². The molecule has 0 bridgehead atoms. The van der Waals surface area contributed by atoms with Crippen molar-refractivity contribution in [3.05, 3.63) is 0 Å². The summed E-state index contributed by atoms with van der Waals surface area (Å²) in [6, 6.07) is 0. The maximum Gasteiger partial charge on any atom is 0.417 e. The normalized spacial score (nSPS) is 33.7. The van der Waals surface area contributed by atoms with Crippen LogP contribution in [0.4, 0.5) is 13.2 Å². The lowest BCUT2D eigenvalue weighted by molar-refractivity contribution is -0.179. The van der Waals surface area contributed by atoms with Gasteiger partial charge in [-0.3, -0.25) is 4.90 Å². The molecule has 2 atom stereocenters. The van der Waals surface area contributed by atoms with E-state index >= 15 is 0 Å².